The van der Waals surface area contributed by atoms with Crippen LogP contribution in [0.5, 0.6) is 0 Å². The predicted octanol–water partition coefficient (Wildman–Crippen LogP) is 2.31. The zero-order chi connectivity index (χ0) is 16.1. The Morgan fingerprint density at radius 1 is 1.04 bits per heavy atom. The molecule has 0 radical (unpaired) electrons. The fraction of sp³-hybridized carbons (Fsp3) is 0.278. The molecule has 1 aliphatic heterocycles. The molecule has 1 fully saturated rings. The summed E-state index contributed by atoms with van der Waals surface area (Å²) in [6.45, 7) is 2.90. The number of benzene rings is 1. The van der Waals surface area contributed by atoms with Gasteiger partial charge >= 0.3 is 0 Å². The first-order valence-electron chi connectivity index (χ1n) is 7.74. The summed E-state index contributed by atoms with van der Waals surface area (Å²) in [5.41, 5.74) is 2.11. The van der Waals surface area contributed by atoms with Crippen molar-refractivity contribution in [1.29, 1.82) is 5.26 Å². The van der Waals surface area contributed by atoms with E-state index in [1.807, 2.05) is 35.2 Å². The molecule has 0 unspecified atom stereocenters. The third kappa shape index (κ3) is 3.32. The molecule has 2 aromatic rings. The van der Waals surface area contributed by atoms with E-state index >= 15 is 0 Å². The van der Waals surface area contributed by atoms with Gasteiger partial charge < -0.3 is 9.80 Å². The standard InChI is InChI=1S/C18H18N4O/c19-14-15-6-1-2-8-17(15)21-10-5-11-22(13-12-21)18(23)16-7-3-4-9-20-16/h1-4,6-9H,5,10-13H2. The second-order valence-corrected chi connectivity index (χ2v) is 5.48. The Bertz CT molecular complexity index is 723. The average molecular weight is 306 g/mol. The van der Waals surface area contributed by atoms with Gasteiger partial charge in [-0.15, -0.1) is 0 Å². The van der Waals surface area contributed by atoms with E-state index in [1.165, 1.54) is 0 Å². The van der Waals surface area contributed by atoms with Crippen LogP contribution in [0, 0.1) is 11.3 Å². The van der Waals surface area contributed by atoms with Crippen molar-refractivity contribution < 1.29 is 4.79 Å². The maximum Gasteiger partial charge on any atom is 0.272 e. The Labute approximate surface area is 135 Å². The number of nitriles is 1. The van der Waals surface area contributed by atoms with E-state index in [4.69, 9.17) is 0 Å². The predicted molar refractivity (Wildman–Crippen MR) is 88.1 cm³/mol. The third-order valence-electron chi connectivity index (χ3n) is 4.03. The average Bonchev–Trinajstić information content (AvgIpc) is 2.88. The first-order chi connectivity index (χ1) is 11.3. The lowest BCUT2D eigenvalue weighted by atomic mass is 10.1. The summed E-state index contributed by atoms with van der Waals surface area (Å²) in [6, 6.07) is 15.2. The highest BCUT2D eigenvalue weighted by molar-refractivity contribution is 5.92. The second-order valence-electron chi connectivity index (χ2n) is 5.48. The lowest BCUT2D eigenvalue weighted by Gasteiger charge is -2.24. The minimum Gasteiger partial charge on any atom is -0.369 e. The fourth-order valence-corrected chi connectivity index (χ4v) is 2.86. The lowest BCUT2D eigenvalue weighted by Crippen LogP contribution is -2.35. The van der Waals surface area contributed by atoms with Gasteiger partial charge in [-0.3, -0.25) is 9.78 Å². The number of nitrogens with zero attached hydrogens (tertiary/aromatic N) is 4. The number of para-hydroxylation sites is 1. The SMILES string of the molecule is N#Cc1ccccc1N1CCCN(C(=O)c2ccccn2)CC1. The van der Waals surface area contributed by atoms with Gasteiger partial charge in [0.2, 0.25) is 0 Å². The van der Waals surface area contributed by atoms with E-state index in [0.29, 0.717) is 24.3 Å². The Kier molecular flexibility index (Phi) is 4.53. The zero-order valence-electron chi connectivity index (χ0n) is 12.9. The summed E-state index contributed by atoms with van der Waals surface area (Å²) in [5, 5.41) is 9.26. The van der Waals surface area contributed by atoms with E-state index in [0.717, 1.165) is 25.2 Å². The first kappa shape index (κ1) is 15.0. The monoisotopic (exact) mass is 306 g/mol. The van der Waals surface area contributed by atoms with Crippen LogP contribution in [0.15, 0.2) is 48.7 Å². The molecule has 116 valence electrons. The van der Waals surface area contributed by atoms with Crippen molar-refractivity contribution in [2.45, 2.75) is 6.42 Å². The molecule has 0 spiro atoms. The van der Waals surface area contributed by atoms with E-state index < -0.39 is 0 Å². The lowest BCUT2D eigenvalue weighted by molar-refractivity contribution is 0.0761. The van der Waals surface area contributed by atoms with Crippen LogP contribution < -0.4 is 4.90 Å². The minimum atomic E-state index is -0.0268. The highest BCUT2D eigenvalue weighted by Gasteiger charge is 2.22. The number of carbonyl (C=O) groups excluding carboxylic acids is 1. The number of pyridine rings is 1. The maximum absolute atomic E-state index is 12.5. The van der Waals surface area contributed by atoms with Gasteiger partial charge in [0.15, 0.2) is 0 Å². The van der Waals surface area contributed by atoms with E-state index in [1.54, 1.807) is 18.3 Å². The number of anilines is 1. The van der Waals surface area contributed by atoms with Gasteiger partial charge in [-0.2, -0.15) is 5.26 Å². The van der Waals surface area contributed by atoms with Crippen molar-refractivity contribution in [2.24, 2.45) is 0 Å². The van der Waals surface area contributed by atoms with E-state index in [-0.39, 0.29) is 5.91 Å². The smallest absolute Gasteiger partial charge is 0.272 e. The number of aromatic nitrogens is 1. The zero-order valence-corrected chi connectivity index (χ0v) is 12.9. The molecule has 1 saturated heterocycles. The number of rotatable bonds is 2. The quantitative estimate of drug-likeness (QED) is 0.854. The normalized spacial score (nSPS) is 14.9. The van der Waals surface area contributed by atoms with Crippen LogP contribution in [-0.2, 0) is 0 Å². The Balaban J connectivity index is 1.73. The van der Waals surface area contributed by atoms with Crippen molar-refractivity contribution in [3.8, 4) is 6.07 Å². The molecule has 1 aromatic heterocycles. The topological polar surface area (TPSA) is 60.2 Å². The molecule has 5 heteroatoms. The molecule has 2 heterocycles. The summed E-state index contributed by atoms with van der Waals surface area (Å²) in [4.78, 5) is 20.7. The van der Waals surface area contributed by atoms with Crippen LogP contribution in [0.4, 0.5) is 5.69 Å². The summed E-state index contributed by atoms with van der Waals surface area (Å²) >= 11 is 0. The van der Waals surface area contributed by atoms with Crippen LogP contribution in [0.25, 0.3) is 0 Å². The van der Waals surface area contributed by atoms with Gasteiger partial charge in [-0.1, -0.05) is 18.2 Å². The Morgan fingerprint density at radius 3 is 2.65 bits per heavy atom. The van der Waals surface area contributed by atoms with Gasteiger partial charge in [-0.25, -0.2) is 0 Å². The van der Waals surface area contributed by atoms with E-state index in [9.17, 15) is 10.1 Å². The van der Waals surface area contributed by atoms with Gasteiger partial charge in [-0.05, 0) is 30.7 Å². The minimum absolute atomic E-state index is 0.0268. The maximum atomic E-state index is 12.5. The van der Waals surface area contributed by atoms with Gasteiger partial charge in [0.25, 0.3) is 5.91 Å². The number of carbonyl (C=O) groups is 1. The molecule has 0 atom stereocenters. The van der Waals surface area contributed by atoms with Crippen molar-refractivity contribution in [1.82, 2.24) is 9.88 Å². The molecule has 23 heavy (non-hydrogen) atoms. The number of amides is 1. The van der Waals surface area contributed by atoms with Crippen molar-refractivity contribution >= 4 is 11.6 Å². The van der Waals surface area contributed by atoms with Gasteiger partial charge in [0, 0.05) is 32.4 Å². The fourth-order valence-electron chi connectivity index (χ4n) is 2.86. The van der Waals surface area contributed by atoms with Crippen LogP contribution in [-0.4, -0.2) is 42.0 Å². The van der Waals surface area contributed by atoms with Crippen molar-refractivity contribution in [3.63, 3.8) is 0 Å². The molecule has 3 rings (SSSR count). The molecule has 1 amide bonds. The molecule has 1 aliphatic rings. The highest BCUT2D eigenvalue weighted by atomic mass is 16.2. The van der Waals surface area contributed by atoms with Gasteiger partial charge in [0.1, 0.15) is 11.8 Å². The molecule has 0 aliphatic carbocycles. The highest BCUT2D eigenvalue weighted by Crippen LogP contribution is 2.21. The Morgan fingerprint density at radius 2 is 1.87 bits per heavy atom. The van der Waals surface area contributed by atoms with Crippen LogP contribution in [0.2, 0.25) is 0 Å². The third-order valence-corrected chi connectivity index (χ3v) is 4.03. The number of hydrogen-bond donors (Lipinski definition) is 0. The van der Waals surface area contributed by atoms with Crippen LogP contribution in [0.3, 0.4) is 0 Å². The van der Waals surface area contributed by atoms with Crippen molar-refractivity contribution in [3.05, 3.63) is 59.9 Å². The van der Waals surface area contributed by atoms with Crippen LogP contribution in [0.1, 0.15) is 22.5 Å². The summed E-state index contributed by atoms with van der Waals surface area (Å²) in [5.74, 6) is -0.0268. The molecular weight excluding hydrogens is 288 g/mol. The van der Waals surface area contributed by atoms with Gasteiger partial charge in [0.05, 0.1) is 11.3 Å². The molecule has 0 saturated carbocycles. The molecule has 5 nitrogen and oxygen atoms in total. The van der Waals surface area contributed by atoms with E-state index in [2.05, 4.69) is 16.0 Å². The summed E-state index contributed by atoms with van der Waals surface area (Å²) in [7, 11) is 0. The molecule has 0 bridgehead atoms. The Hall–Kier alpha value is -2.87. The summed E-state index contributed by atoms with van der Waals surface area (Å²) < 4.78 is 0. The molecular formula is C18H18N4O. The second kappa shape index (κ2) is 6.93. The molecule has 0 N–H and O–H groups in total. The first-order valence-corrected chi connectivity index (χ1v) is 7.74. The summed E-state index contributed by atoms with van der Waals surface area (Å²) in [6.07, 6.45) is 2.51. The molecule has 1 aromatic carbocycles. The van der Waals surface area contributed by atoms with Crippen molar-refractivity contribution in [2.75, 3.05) is 31.1 Å². The largest absolute Gasteiger partial charge is 0.369 e. The van der Waals surface area contributed by atoms with Crippen LogP contribution >= 0.6 is 0 Å². The number of hydrogen-bond acceptors (Lipinski definition) is 4.